The third-order valence-electron chi connectivity index (χ3n) is 3.56. The van der Waals surface area contributed by atoms with Crippen LogP contribution in [0, 0.1) is 11.6 Å². The highest BCUT2D eigenvalue weighted by molar-refractivity contribution is 5.94. The van der Waals surface area contributed by atoms with Crippen LogP contribution in [0.3, 0.4) is 0 Å². The summed E-state index contributed by atoms with van der Waals surface area (Å²) in [6, 6.07) is 5.76. The summed E-state index contributed by atoms with van der Waals surface area (Å²) >= 11 is 0. The van der Waals surface area contributed by atoms with Gasteiger partial charge in [0.25, 0.3) is 0 Å². The van der Waals surface area contributed by atoms with Gasteiger partial charge in [-0.25, -0.2) is 13.8 Å². The molecule has 2 N–H and O–H groups in total. The molecule has 1 aromatic carbocycles. The first-order valence-corrected chi connectivity index (χ1v) is 7.15. The van der Waals surface area contributed by atoms with Crippen LogP contribution in [0.4, 0.5) is 27.8 Å². The van der Waals surface area contributed by atoms with E-state index in [-0.39, 0.29) is 17.0 Å². The smallest absolute Gasteiger partial charge is 0.383 e. The van der Waals surface area contributed by atoms with Crippen LogP contribution in [-0.4, -0.2) is 26.6 Å². The fourth-order valence-corrected chi connectivity index (χ4v) is 2.36. The molecule has 0 saturated carbocycles. The molecule has 136 valence electrons. The van der Waals surface area contributed by atoms with Gasteiger partial charge >= 0.3 is 12.1 Å². The second-order valence-corrected chi connectivity index (χ2v) is 5.34. The van der Waals surface area contributed by atoms with Crippen LogP contribution in [0.2, 0.25) is 0 Å². The normalized spacial score (nSPS) is 13.0. The van der Waals surface area contributed by atoms with Crippen molar-refractivity contribution in [1.82, 2.24) is 9.38 Å². The molecule has 0 aliphatic carbocycles. The number of anilines is 1. The van der Waals surface area contributed by atoms with E-state index in [1.165, 1.54) is 22.7 Å². The predicted molar refractivity (Wildman–Crippen MR) is 80.3 cm³/mol. The number of alkyl halides is 3. The second-order valence-electron chi connectivity index (χ2n) is 5.34. The molecule has 10 heteroatoms. The largest absolute Gasteiger partial charge is 0.471 e. The molecule has 1 unspecified atom stereocenters. The van der Waals surface area contributed by atoms with Gasteiger partial charge in [0.2, 0.25) is 0 Å². The lowest BCUT2D eigenvalue weighted by Gasteiger charge is -2.13. The molecule has 0 saturated heterocycles. The summed E-state index contributed by atoms with van der Waals surface area (Å²) < 4.78 is 65.6. The summed E-state index contributed by atoms with van der Waals surface area (Å²) in [5.74, 6) is -4.44. The number of hydrogen-bond acceptors (Lipinski definition) is 3. The average Bonchev–Trinajstić information content (AvgIpc) is 2.94. The quantitative estimate of drug-likeness (QED) is 0.695. The van der Waals surface area contributed by atoms with Gasteiger partial charge in [0, 0.05) is 11.8 Å². The molecule has 0 fully saturated rings. The van der Waals surface area contributed by atoms with E-state index in [2.05, 4.69) is 4.98 Å². The van der Waals surface area contributed by atoms with Crippen LogP contribution in [0.1, 0.15) is 17.2 Å². The van der Waals surface area contributed by atoms with Crippen molar-refractivity contribution in [2.24, 2.45) is 0 Å². The number of nitrogens with zero attached hydrogens (tertiary/aromatic N) is 2. The summed E-state index contributed by atoms with van der Waals surface area (Å²) in [5.41, 5.74) is -0.322. The van der Waals surface area contributed by atoms with Crippen molar-refractivity contribution in [1.29, 1.82) is 0 Å². The molecule has 0 radical (unpaired) electrons. The van der Waals surface area contributed by atoms with E-state index in [0.717, 1.165) is 24.4 Å². The van der Waals surface area contributed by atoms with Gasteiger partial charge in [0.05, 0.1) is 11.8 Å². The van der Waals surface area contributed by atoms with Gasteiger partial charge in [-0.1, -0.05) is 12.1 Å². The van der Waals surface area contributed by atoms with Crippen molar-refractivity contribution in [2.75, 3.05) is 5.32 Å². The Morgan fingerprint density at radius 1 is 1.12 bits per heavy atom. The number of benzene rings is 1. The maximum absolute atomic E-state index is 13.8. The summed E-state index contributed by atoms with van der Waals surface area (Å²) in [4.78, 5) is 14.7. The minimum absolute atomic E-state index is 0.0765. The number of amides is 1. The van der Waals surface area contributed by atoms with E-state index >= 15 is 0 Å². The molecule has 0 spiro atoms. The minimum Gasteiger partial charge on any atom is -0.383 e. The van der Waals surface area contributed by atoms with Crippen molar-refractivity contribution in [3.63, 3.8) is 0 Å². The first kappa shape index (κ1) is 17.8. The fourth-order valence-electron chi connectivity index (χ4n) is 2.36. The Labute approximate surface area is 142 Å². The molecule has 1 atom stereocenters. The van der Waals surface area contributed by atoms with E-state index in [1.54, 1.807) is 5.32 Å². The molecule has 5 nitrogen and oxygen atoms in total. The Morgan fingerprint density at radius 3 is 2.38 bits per heavy atom. The highest BCUT2D eigenvalue weighted by Crippen LogP contribution is 2.27. The molecule has 26 heavy (non-hydrogen) atoms. The van der Waals surface area contributed by atoms with Crippen LogP contribution in [0.5, 0.6) is 0 Å². The molecule has 1 amide bonds. The van der Waals surface area contributed by atoms with E-state index in [1.807, 2.05) is 0 Å². The number of carbonyl (C=O) groups excluding carboxylic acids is 1. The van der Waals surface area contributed by atoms with Crippen molar-refractivity contribution >= 4 is 17.4 Å². The molecular weight excluding hydrogens is 361 g/mol. The Kier molecular flexibility index (Phi) is 4.36. The fraction of sp³-hybridized carbons (Fsp3) is 0.125. The summed E-state index contributed by atoms with van der Waals surface area (Å²) in [6.07, 6.45) is -4.40. The first-order chi connectivity index (χ1) is 12.2. The van der Waals surface area contributed by atoms with Gasteiger partial charge < -0.3 is 14.8 Å². The molecule has 3 rings (SSSR count). The van der Waals surface area contributed by atoms with Gasteiger partial charge in [0.15, 0.2) is 5.82 Å². The standard InChI is InChI=1S/C16H10F5N3O2/c17-9-2-1-3-10(18)13(9)14(25)8-4-5-12-22-11(7-24(12)6-8)23-15(26)16(19,20)21/h1-7,14,25H,(H,23,26). The van der Waals surface area contributed by atoms with Crippen LogP contribution < -0.4 is 5.32 Å². The maximum Gasteiger partial charge on any atom is 0.471 e. The Bertz CT molecular complexity index is 963. The number of nitrogens with one attached hydrogen (secondary N) is 1. The van der Waals surface area contributed by atoms with Crippen molar-refractivity contribution in [2.45, 2.75) is 12.3 Å². The van der Waals surface area contributed by atoms with Gasteiger partial charge in [-0.15, -0.1) is 0 Å². The van der Waals surface area contributed by atoms with Crippen LogP contribution in [0.25, 0.3) is 5.65 Å². The lowest BCUT2D eigenvalue weighted by Crippen LogP contribution is -2.30. The third kappa shape index (κ3) is 3.36. The molecule has 3 aromatic rings. The molecule has 2 aromatic heterocycles. The minimum atomic E-state index is -5.07. The number of rotatable bonds is 3. The van der Waals surface area contributed by atoms with Gasteiger partial charge in [-0.3, -0.25) is 4.79 Å². The van der Waals surface area contributed by atoms with Crippen molar-refractivity contribution in [3.05, 3.63) is 65.5 Å². The Balaban J connectivity index is 1.93. The van der Waals surface area contributed by atoms with Crippen LogP contribution in [-0.2, 0) is 4.79 Å². The van der Waals surface area contributed by atoms with Crippen molar-refractivity contribution < 1.29 is 31.9 Å². The number of carbonyl (C=O) groups is 1. The summed E-state index contributed by atoms with van der Waals surface area (Å²) in [7, 11) is 0. The zero-order valence-corrected chi connectivity index (χ0v) is 12.8. The number of pyridine rings is 1. The monoisotopic (exact) mass is 371 g/mol. The zero-order valence-electron chi connectivity index (χ0n) is 12.8. The number of aliphatic hydroxyl groups is 1. The Hall–Kier alpha value is -3.01. The first-order valence-electron chi connectivity index (χ1n) is 7.15. The zero-order chi connectivity index (χ0) is 19.1. The topological polar surface area (TPSA) is 66.6 Å². The van der Waals surface area contributed by atoms with Gasteiger partial charge in [0.1, 0.15) is 23.4 Å². The summed E-state index contributed by atoms with van der Waals surface area (Å²) in [6.45, 7) is 0. The van der Waals surface area contributed by atoms with Crippen molar-refractivity contribution in [3.8, 4) is 0 Å². The molecule has 0 aliphatic heterocycles. The number of hydrogen-bond donors (Lipinski definition) is 2. The lowest BCUT2D eigenvalue weighted by atomic mass is 10.0. The van der Waals surface area contributed by atoms with Crippen LogP contribution >= 0.6 is 0 Å². The predicted octanol–water partition coefficient (Wildman–Crippen LogP) is 3.20. The Morgan fingerprint density at radius 2 is 1.77 bits per heavy atom. The SMILES string of the molecule is O=C(Nc1cn2cc(C(O)c3c(F)cccc3F)ccc2n1)C(F)(F)F. The van der Waals surface area contributed by atoms with E-state index in [0.29, 0.717) is 0 Å². The molecule has 2 heterocycles. The molecule has 0 bridgehead atoms. The van der Waals surface area contributed by atoms with E-state index < -0.39 is 35.4 Å². The molecule has 0 aliphatic rings. The number of aromatic nitrogens is 2. The van der Waals surface area contributed by atoms with E-state index in [9.17, 15) is 31.9 Å². The highest BCUT2D eigenvalue weighted by atomic mass is 19.4. The third-order valence-corrected chi connectivity index (χ3v) is 3.56. The average molecular weight is 371 g/mol. The number of imidazole rings is 1. The highest BCUT2D eigenvalue weighted by Gasteiger charge is 2.39. The molecular formula is C16H10F5N3O2. The van der Waals surface area contributed by atoms with E-state index in [4.69, 9.17) is 0 Å². The number of fused-ring (bicyclic) bond motifs is 1. The number of aliphatic hydroxyl groups excluding tert-OH is 1. The second kappa shape index (κ2) is 6.37. The lowest BCUT2D eigenvalue weighted by molar-refractivity contribution is -0.167. The number of halogens is 5. The maximum atomic E-state index is 13.8. The summed E-state index contributed by atoms with van der Waals surface area (Å²) in [5, 5.41) is 11.8. The van der Waals surface area contributed by atoms with Gasteiger partial charge in [-0.05, 0) is 18.2 Å². The van der Waals surface area contributed by atoms with Gasteiger partial charge in [-0.2, -0.15) is 13.2 Å². The van der Waals surface area contributed by atoms with Crippen LogP contribution in [0.15, 0.2) is 42.7 Å².